The van der Waals surface area contributed by atoms with Gasteiger partial charge in [-0.2, -0.15) is 0 Å². The van der Waals surface area contributed by atoms with Gasteiger partial charge in [-0.1, -0.05) is 23.7 Å². The lowest BCUT2D eigenvalue weighted by molar-refractivity contribution is 0.137. The molecule has 2 fully saturated rings. The van der Waals surface area contributed by atoms with Crippen molar-refractivity contribution in [2.45, 2.75) is 30.2 Å². The van der Waals surface area contributed by atoms with Gasteiger partial charge < -0.3 is 0 Å². The Bertz CT molecular complexity index is 426. The number of rotatable bonds is 3. The second-order valence-electron chi connectivity index (χ2n) is 5.43. The molecule has 1 heterocycles. The van der Waals surface area contributed by atoms with Crippen LogP contribution in [0.25, 0.3) is 0 Å². The van der Waals surface area contributed by atoms with Crippen molar-refractivity contribution in [1.82, 2.24) is 9.21 Å². The fraction of sp³-hybridized carbons (Fsp3) is 0.571. The quantitative estimate of drug-likeness (QED) is 0.784. The molecule has 1 saturated carbocycles. The van der Waals surface area contributed by atoms with E-state index in [1.165, 1.54) is 30.8 Å². The second-order valence-corrected chi connectivity index (χ2v) is 6.98. The fourth-order valence-electron chi connectivity index (χ4n) is 2.47. The van der Waals surface area contributed by atoms with Crippen LogP contribution in [-0.2, 0) is 0 Å². The van der Waals surface area contributed by atoms with E-state index < -0.39 is 0 Å². The molecule has 1 saturated heterocycles. The van der Waals surface area contributed by atoms with Crippen LogP contribution in [0.3, 0.4) is 0 Å². The molecule has 1 aliphatic carbocycles. The number of hydrogen-bond donors (Lipinski definition) is 0. The summed E-state index contributed by atoms with van der Waals surface area (Å²) in [5, 5.41) is 0.860. The number of halogens is 1. The van der Waals surface area contributed by atoms with Gasteiger partial charge in [-0.3, -0.25) is 4.90 Å². The van der Waals surface area contributed by atoms with Crippen LogP contribution in [0.1, 0.15) is 19.8 Å². The van der Waals surface area contributed by atoms with Gasteiger partial charge in [0.05, 0.1) is 5.02 Å². The predicted octanol–water partition coefficient (Wildman–Crippen LogP) is 3.52. The lowest BCUT2D eigenvalue weighted by Crippen LogP contribution is -2.48. The zero-order valence-corrected chi connectivity index (χ0v) is 12.3. The van der Waals surface area contributed by atoms with Gasteiger partial charge in [-0.25, -0.2) is 4.31 Å². The van der Waals surface area contributed by atoms with Gasteiger partial charge in [0.25, 0.3) is 0 Å². The fourth-order valence-corrected chi connectivity index (χ4v) is 3.63. The molecular weight excluding hydrogens is 264 g/mol. The molecule has 0 N–H and O–H groups in total. The minimum absolute atomic E-state index is 0.529. The predicted molar refractivity (Wildman–Crippen MR) is 78.1 cm³/mol. The van der Waals surface area contributed by atoms with Gasteiger partial charge in [-0.05, 0) is 43.8 Å². The summed E-state index contributed by atoms with van der Waals surface area (Å²) in [6.45, 7) is 7.03. The molecule has 0 radical (unpaired) electrons. The maximum Gasteiger partial charge on any atom is 0.0555 e. The van der Waals surface area contributed by atoms with Gasteiger partial charge in [0, 0.05) is 36.6 Å². The van der Waals surface area contributed by atoms with E-state index in [2.05, 4.69) is 28.3 Å². The molecule has 98 valence electrons. The van der Waals surface area contributed by atoms with Crippen LogP contribution in [-0.4, -0.2) is 40.9 Å². The van der Waals surface area contributed by atoms with Gasteiger partial charge >= 0.3 is 0 Å². The van der Waals surface area contributed by atoms with Gasteiger partial charge in [-0.15, -0.1) is 0 Å². The first-order valence-electron chi connectivity index (χ1n) is 6.60. The SMILES string of the molecule is CC1(N2CCN(Sc3ccccc3Cl)CC2)CC1. The Labute approximate surface area is 118 Å². The molecule has 0 spiro atoms. The lowest BCUT2D eigenvalue weighted by Gasteiger charge is -2.37. The molecule has 4 heteroatoms. The molecule has 3 rings (SSSR count). The zero-order valence-electron chi connectivity index (χ0n) is 10.7. The maximum absolute atomic E-state index is 6.20. The number of benzene rings is 1. The van der Waals surface area contributed by atoms with Crippen molar-refractivity contribution in [2.75, 3.05) is 26.2 Å². The Hall–Kier alpha value is -0.220. The Morgan fingerprint density at radius 3 is 2.39 bits per heavy atom. The van der Waals surface area contributed by atoms with E-state index in [0.717, 1.165) is 18.1 Å². The summed E-state index contributed by atoms with van der Waals surface area (Å²) in [4.78, 5) is 3.82. The van der Waals surface area contributed by atoms with Crippen molar-refractivity contribution < 1.29 is 0 Å². The smallest absolute Gasteiger partial charge is 0.0555 e. The Morgan fingerprint density at radius 2 is 1.78 bits per heavy atom. The summed E-state index contributed by atoms with van der Waals surface area (Å²) in [6.07, 6.45) is 2.76. The molecule has 0 aromatic heterocycles. The highest BCUT2D eigenvalue weighted by molar-refractivity contribution is 7.97. The summed E-state index contributed by atoms with van der Waals surface area (Å²) < 4.78 is 2.43. The minimum atomic E-state index is 0.529. The van der Waals surface area contributed by atoms with Crippen molar-refractivity contribution >= 4 is 23.5 Å². The normalized spacial score (nSPS) is 24.1. The topological polar surface area (TPSA) is 6.48 Å². The molecule has 0 atom stereocenters. The van der Waals surface area contributed by atoms with Crippen molar-refractivity contribution in [3.05, 3.63) is 29.3 Å². The molecule has 1 aromatic rings. The molecule has 0 amide bonds. The standard InChI is InChI=1S/C14H19ClN2S/c1-14(6-7-14)16-8-10-17(11-9-16)18-13-5-3-2-4-12(13)15/h2-5H,6-11H2,1H3. The van der Waals surface area contributed by atoms with Crippen LogP contribution >= 0.6 is 23.5 Å². The molecule has 2 nitrogen and oxygen atoms in total. The summed E-state index contributed by atoms with van der Waals surface area (Å²) in [5.41, 5.74) is 0.529. The third-order valence-electron chi connectivity index (χ3n) is 4.04. The van der Waals surface area contributed by atoms with E-state index in [0.29, 0.717) is 5.54 Å². The van der Waals surface area contributed by atoms with Gasteiger partial charge in [0.1, 0.15) is 0 Å². The van der Waals surface area contributed by atoms with Crippen molar-refractivity contribution in [2.24, 2.45) is 0 Å². The largest absolute Gasteiger partial charge is 0.295 e. The monoisotopic (exact) mass is 282 g/mol. The minimum Gasteiger partial charge on any atom is -0.295 e. The summed E-state index contributed by atoms with van der Waals surface area (Å²) in [7, 11) is 0. The van der Waals surface area contributed by atoms with Crippen LogP contribution < -0.4 is 0 Å². The van der Waals surface area contributed by atoms with E-state index in [4.69, 9.17) is 11.6 Å². The Kier molecular flexibility index (Phi) is 3.59. The highest BCUT2D eigenvalue weighted by Gasteiger charge is 2.43. The number of nitrogens with zero attached hydrogens (tertiary/aromatic N) is 2. The molecular formula is C14H19ClN2S. The molecule has 0 bridgehead atoms. The summed E-state index contributed by atoms with van der Waals surface area (Å²) in [5.74, 6) is 0. The van der Waals surface area contributed by atoms with E-state index in [1.807, 2.05) is 12.1 Å². The lowest BCUT2D eigenvalue weighted by atomic mass is 10.2. The van der Waals surface area contributed by atoms with Gasteiger partial charge in [0.2, 0.25) is 0 Å². The highest BCUT2D eigenvalue weighted by Crippen LogP contribution is 2.42. The molecule has 2 aliphatic rings. The van der Waals surface area contributed by atoms with Crippen LogP contribution in [0.2, 0.25) is 5.02 Å². The van der Waals surface area contributed by atoms with Crippen molar-refractivity contribution in [3.8, 4) is 0 Å². The van der Waals surface area contributed by atoms with Crippen molar-refractivity contribution in [3.63, 3.8) is 0 Å². The Morgan fingerprint density at radius 1 is 1.11 bits per heavy atom. The van der Waals surface area contributed by atoms with Gasteiger partial charge in [0.15, 0.2) is 0 Å². The van der Waals surface area contributed by atoms with Crippen LogP contribution in [0.5, 0.6) is 0 Å². The molecule has 18 heavy (non-hydrogen) atoms. The average Bonchev–Trinajstić information content (AvgIpc) is 3.12. The highest BCUT2D eigenvalue weighted by atomic mass is 35.5. The first kappa shape index (κ1) is 12.8. The van der Waals surface area contributed by atoms with E-state index in [1.54, 1.807) is 11.9 Å². The Balaban J connectivity index is 1.55. The third kappa shape index (κ3) is 2.69. The maximum atomic E-state index is 6.20. The number of hydrogen-bond acceptors (Lipinski definition) is 3. The first-order valence-corrected chi connectivity index (χ1v) is 7.75. The van der Waals surface area contributed by atoms with E-state index in [9.17, 15) is 0 Å². The summed E-state index contributed by atoms with van der Waals surface area (Å²) >= 11 is 8.00. The molecule has 1 aliphatic heterocycles. The molecule has 1 aromatic carbocycles. The van der Waals surface area contributed by atoms with Crippen LogP contribution in [0.4, 0.5) is 0 Å². The summed E-state index contributed by atoms with van der Waals surface area (Å²) in [6, 6.07) is 8.10. The van der Waals surface area contributed by atoms with Crippen molar-refractivity contribution in [1.29, 1.82) is 0 Å². The molecule has 0 unspecified atom stereocenters. The first-order chi connectivity index (χ1) is 8.67. The van der Waals surface area contributed by atoms with Crippen LogP contribution in [0, 0.1) is 0 Å². The number of piperazine rings is 1. The third-order valence-corrected chi connectivity index (χ3v) is 5.66. The zero-order chi connectivity index (χ0) is 12.6. The second kappa shape index (κ2) is 5.04. The van der Waals surface area contributed by atoms with E-state index in [-0.39, 0.29) is 0 Å². The van der Waals surface area contributed by atoms with Crippen LogP contribution in [0.15, 0.2) is 29.2 Å². The average molecular weight is 283 g/mol. The van der Waals surface area contributed by atoms with E-state index >= 15 is 0 Å².